The van der Waals surface area contributed by atoms with Crippen molar-refractivity contribution in [1.82, 2.24) is 15.5 Å². The molecule has 4 N–H and O–H groups in total. The van der Waals surface area contributed by atoms with E-state index in [1.54, 1.807) is 31.2 Å². The van der Waals surface area contributed by atoms with Crippen LogP contribution >= 0.6 is 11.6 Å². The highest BCUT2D eigenvalue weighted by Crippen LogP contribution is 2.48. The second-order valence-electron chi connectivity index (χ2n) is 10.1. The zero-order valence-electron chi connectivity index (χ0n) is 22.7. The van der Waals surface area contributed by atoms with E-state index in [-0.39, 0.29) is 29.2 Å². The van der Waals surface area contributed by atoms with Gasteiger partial charge in [0.15, 0.2) is 5.78 Å². The molecule has 1 aliphatic rings. The van der Waals surface area contributed by atoms with Gasteiger partial charge >= 0.3 is 0 Å². The Bertz CT molecular complexity index is 1290. The van der Waals surface area contributed by atoms with Crippen LogP contribution in [0.4, 0.5) is 10.1 Å². The molecule has 3 aromatic carbocycles. The number of Topliss-reactive ketones (excluding diaryl/α,β-unsaturated/α-hetero) is 1. The van der Waals surface area contributed by atoms with E-state index >= 15 is 0 Å². The fourth-order valence-corrected chi connectivity index (χ4v) is 5.97. The monoisotopic (exact) mass is 551 g/mol. The molecule has 0 saturated carbocycles. The third kappa shape index (κ3) is 6.61. The lowest BCUT2D eigenvalue weighted by Crippen LogP contribution is -2.48. The summed E-state index contributed by atoms with van der Waals surface area (Å²) in [5.41, 5.74) is 3.40. The molecule has 0 aliphatic carbocycles. The zero-order chi connectivity index (χ0) is 27.9. The van der Waals surface area contributed by atoms with Gasteiger partial charge in [0.2, 0.25) is 0 Å². The molecule has 8 heteroatoms. The molecule has 1 fully saturated rings. The first-order chi connectivity index (χ1) is 18.8. The van der Waals surface area contributed by atoms with Crippen LogP contribution in [0.15, 0.2) is 54.6 Å². The van der Waals surface area contributed by atoms with Crippen LogP contribution in [-0.2, 0) is 0 Å². The lowest BCUT2D eigenvalue weighted by Gasteiger charge is -2.45. The maximum absolute atomic E-state index is 14.9. The predicted octanol–water partition coefficient (Wildman–Crippen LogP) is 4.83. The molecule has 1 radical (unpaired) electrons. The number of halogens is 2. The molecule has 0 spiro atoms. The van der Waals surface area contributed by atoms with Crippen molar-refractivity contribution in [1.29, 1.82) is 0 Å². The molecule has 1 saturated heterocycles. The van der Waals surface area contributed by atoms with Gasteiger partial charge in [0.05, 0.1) is 10.7 Å². The smallest absolute Gasteiger partial charge is 0.167 e. The first-order valence-electron chi connectivity index (χ1n) is 13.4. The van der Waals surface area contributed by atoms with Gasteiger partial charge < -0.3 is 26.0 Å². The highest BCUT2D eigenvalue weighted by atomic mass is 35.5. The Hall–Kier alpha value is -2.97. The first-order valence-corrected chi connectivity index (χ1v) is 13.8. The number of nitrogens with one attached hydrogen (secondary N) is 3. The van der Waals surface area contributed by atoms with Crippen molar-refractivity contribution in [3.8, 4) is 5.75 Å². The number of phenols is 1. The van der Waals surface area contributed by atoms with Gasteiger partial charge in [-0.2, -0.15) is 0 Å². The molecule has 207 valence electrons. The maximum atomic E-state index is 14.9. The number of anilines is 1. The van der Waals surface area contributed by atoms with E-state index in [1.807, 2.05) is 32.3 Å². The fraction of sp³-hybridized carbons (Fsp3) is 0.387. The molecule has 1 heterocycles. The highest BCUT2D eigenvalue weighted by molar-refractivity contribution is 6.34. The van der Waals surface area contributed by atoms with Crippen molar-refractivity contribution in [3.05, 3.63) is 93.8 Å². The van der Waals surface area contributed by atoms with E-state index in [9.17, 15) is 14.3 Å². The van der Waals surface area contributed by atoms with Crippen LogP contribution in [0.3, 0.4) is 0 Å². The van der Waals surface area contributed by atoms with Gasteiger partial charge in [0, 0.05) is 68.7 Å². The number of ketones is 1. The summed E-state index contributed by atoms with van der Waals surface area (Å²) in [4.78, 5) is 16.4. The van der Waals surface area contributed by atoms with Crippen LogP contribution in [0.1, 0.15) is 38.9 Å². The van der Waals surface area contributed by atoms with Gasteiger partial charge in [0.25, 0.3) is 0 Å². The van der Waals surface area contributed by atoms with E-state index in [4.69, 9.17) is 11.6 Å². The number of carbonyl (C=O) groups is 1. The number of phenolic OH excluding ortho intramolecular Hbond substituents is 1. The van der Waals surface area contributed by atoms with E-state index in [2.05, 4.69) is 26.9 Å². The van der Waals surface area contributed by atoms with Gasteiger partial charge in [-0.1, -0.05) is 48.0 Å². The quantitative estimate of drug-likeness (QED) is 0.202. The minimum atomic E-state index is -0.483. The van der Waals surface area contributed by atoms with Crippen molar-refractivity contribution in [2.75, 3.05) is 58.7 Å². The predicted molar refractivity (Wildman–Crippen MR) is 156 cm³/mol. The van der Waals surface area contributed by atoms with Gasteiger partial charge in [-0.05, 0) is 55.9 Å². The molecule has 6 nitrogen and oxygen atoms in total. The Kier molecular flexibility index (Phi) is 9.97. The molecule has 0 unspecified atom stereocenters. The molecule has 0 aromatic heterocycles. The van der Waals surface area contributed by atoms with Crippen LogP contribution in [-0.4, -0.2) is 69.2 Å². The van der Waals surface area contributed by atoms with Crippen LogP contribution < -0.4 is 16.0 Å². The summed E-state index contributed by atoms with van der Waals surface area (Å²) in [6.07, 6.45) is 0. The number of likely N-dealkylation sites (N-methyl/N-ethyl adjacent to an activating group) is 2. The van der Waals surface area contributed by atoms with Crippen molar-refractivity contribution >= 4 is 23.1 Å². The Labute approximate surface area is 235 Å². The number of benzene rings is 3. The molecular formula is C31H37ClFN4O2. The molecule has 1 aliphatic heterocycles. The summed E-state index contributed by atoms with van der Waals surface area (Å²) >= 11 is 7.02. The summed E-state index contributed by atoms with van der Waals surface area (Å²) in [7, 11) is 3.80. The summed E-state index contributed by atoms with van der Waals surface area (Å²) in [5.74, 6) is -1.33. The van der Waals surface area contributed by atoms with Crippen molar-refractivity contribution in [2.24, 2.45) is 5.92 Å². The Morgan fingerprint density at radius 2 is 1.85 bits per heavy atom. The largest absolute Gasteiger partial charge is 0.508 e. The Morgan fingerprint density at radius 1 is 1.08 bits per heavy atom. The fourth-order valence-electron chi connectivity index (χ4n) is 5.64. The third-order valence-electron chi connectivity index (χ3n) is 7.63. The third-order valence-corrected chi connectivity index (χ3v) is 8.04. The normalized spacial score (nSPS) is 19.7. The minimum Gasteiger partial charge on any atom is -0.508 e. The average molecular weight is 552 g/mol. The second kappa shape index (κ2) is 13.4. The summed E-state index contributed by atoms with van der Waals surface area (Å²) in [6.45, 7) is 5.90. The lowest BCUT2D eigenvalue weighted by atomic mass is 9.67. The lowest BCUT2D eigenvalue weighted by molar-refractivity contribution is 0.0742. The van der Waals surface area contributed by atoms with Gasteiger partial charge in [-0.15, -0.1) is 0 Å². The van der Waals surface area contributed by atoms with Crippen LogP contribution in [0.2, 0.25) is 5.02 Å². The number of hydrogen-bond acceptors (Lipinski definition) is 6. The van der Waals surface area contributed by atoms with Crippen LogP contribution in [0.25, 0.3) is 0 Å². The molecular weight excluding hydrogens is 515 g/mol. The van der Waals surface area contributed by atoms with E-state index < -0.39 is 5.92 Å². The molecule has 0 bridgehead atoms. The van der Waals surface area contributed by atoms with Gasteiger partial charge in [-0.25, -0.2) is 4.39 Å². The number of nitrogens with zero attached hydrogens (tertiary/aromatic N) is 1. The summed E-state index contributed by atoms with van der Waals surface area (Å²) in [5, 5.41) is 20.4. The number of piperidine rings is 1. The highest BCUT2D eigenvalue weighted by Gasteiger charge is 2.43. The first kappa shape index (κ1) is 29.0. The molecule has 0 amide bonds. The molecule has 3 aromatic rings. The standard InChI is InChI=1S/C31H37ClFN4O2/c1-20-23(9-5-11-27(20)33)29-25(24-10-6-12-28(30(24)32)36-14-13-34-2)18-37(16-15-35-3)19-26(29)31(39)21-7-4-8-22(38)17-21/h4-11,17,25-26,29,34-36,38H,13-16,18-19H2,1-3H3/t25-,26+,29-/m1/s1. The number of carbonyl (C=O) groups excluding carboxylic acids is 1. The summed E-state index contributed by atoms with van der Waals surface area (Å²) < 4.78 is 14.9. The molecule has 39 heavy (non-hydrogen) atoms. The van der Waals surface area contributed by atoms with Gasteiger partial charge in [0.1, 0.15) is 11.6 Å². The van der Waals surface area contributed by atoms with E-state index in [1.165, 1.54) is 12.1 Å². The maximum Gasteiger partial charge on any atom is 0.167 e. The van der Waals surface area contributed by atoms with Crippen molar-refractivity contribution < 1.29 is 14.3 Å². The summed E-state index contributed by atoms with van der Waals surface area (Å²) in [6, 6.07) is 18.6. The SMILES string of the molecule is CNCCNc1[c]ccc([C@H]2CN(CCNC)C[C@H](C(=O)c3cccc(O)c3)[C@@H]2c2cccc(F)c2C)c1Cl. The number of aromatic hydroxyl groups is 1. The van der Waals surface area contributed by atoms with E-state index in [0.717, 1.165) is 30.8 Å². The topological polar surface area (TPSA) is 76.6 Å². The van der Waals surface area contributed by atoms with Crippen LogP contribution in [0.5, 0.6) is 5.75 Å². The zero-order valence-corrected chi connectivity index (χ0v) is 23.5. The number of likely N-dealkylation sites (tertiary alicyclic amines) is 1. The van der Waals surface area contributed by atoms with Crippen molar-refractivity contribution in [3.63, 3.8) is 0 Å². The van der Waals surface area contributed by atoms with Crippen molar-refractivity contribution in [2.45, 2.75) is 18.8 Å². The van der Waals surface area contributed by atoms with E-state index in [0.29, 0.717) is 41.5 Å². The average Bonchev–Trinajstić information content (AvgIpc) is 2.94. The minimum absolute atomic E-state index is 0.0395. The van der Waals surface area contributed by atoms with Gasteiger partial charge in [-0.3, -0.25) is 4.79 Å². The molecule has 4 rings (SSSR count). The Balaban J connectivity index is 1.86. The molecule has 3 atom stereocenters. The van der Waals surface area contributed by atoms with Crippen LogP contribution in [0, 0.1) is 24.7 Å². The second-order valence-corrected chi connectivity index (χ2v) is 10.5. The Morgan fingerprint density at radius 3 is 2.59 bits per heavy atom. The number of rotatable bonds is 11. The number of hydrogen-bond donors (Lipinski definition) is 4.